The fraction of sp³-hybridized carbons (Fsp3) is 0.353. The van der Waals surface area contributed by atoms with Crippen molar-refractivity contribution in [3.05, 3.63) is 41.7 Å². The number of nitrogens with zero attached hydrogens (tertiary/aromatic N) is 2. The van der Waals surface area contributed by atoms with Gasteiger partial charge in [-0.3, -0.25) is 25.1 Å². The van der Waals surface area contributed by atoms with E-state index in [9.17, 15) is 22.8 Å². The fourth-order valence-corrected chi connectivity index (χ4v) is 2.15. The third-order valence-electron chi connectivity index (χ3n) is 3.34. The van der Waals surface area contributed by atoms with Crippen LogP contribution in [0.25, 0.3) is 0 Å². The maximum atomic E-state index is 12.5. The van der Waals surface area contributed by atoms with Crippen molar-refractivity contribution in [3.63, 3.8) is 0 Å². The lowest BCUT2D eigenvalue weighted by molar-refractivity contribution is -0.141. The van der Waals surface area contributed by atoms with Gasteiger partial charge < -0.3 is 9.47 Å². The van der Waals surface area contributed by atoms with Crippen LogP contribution in [0.4, 0.5) is 13.2 Å². The van der Waals surface area contributed by atoms with Crippen LogP contribution in [-0.2, 0) is 17.5 Å². The zero-order valence-corrected chi connectivity index (χ0v) is 15.3. The summed E-state index contributed by atoms with van der Waals surface area (Å²) < 4.78 is 49.0. The minimum absolute atomic E-state index is 0.0898. The predicted molar refractivity (Wildman–Crippen MR) is 91.6 cm³/mol. The largest absolute Gasteiger partial charge is 0.493 e. The van der Waals surface area contributed by atoms with E-state index in [1.165, 1.54) is 19.2 Å². The van der Waals surface area contributed by atoms with Crippen LogP contribution in [0.3, 0.4) is 0 Å². The zero-order chi connectivity index (χ0) is 20.9. The average molecular weight is 400 g/mol. The molecule has 0 aliphatic carbocycles. The maximum Gasteiger partial charge on any atom is 0.435 e. The number of ether oxygens (including phenoxy) is 2. The number of methoxy groups -OCH3 is 1. The van der Waals surface area contributed by atoms with Gasteiger partial charge in [0.05, 0.1) is 13.2 Å². The van der Waals surface area contributed by atoms with E-state index in [1.807, 2.05) is 13.8 Å². The summed E-state index contributed by atoms with van der Waals surface area (Å²) >= 11 is 0. The highest BCUT2D eigenvalue weighted by Crippen LogP contribution is 2.29. The van der Waals surface area contributed by atoms with Crippen LogP contribution in [0.1, 0.15) is 29.9 Å². The predicted octanol–water partition coefficient (Wildman–Crippen LogP) is 2.16. The van der Waals surface area contributed by atoms with Crippen molar-refractivity contribution >= 4 is 11.8 Å². The molecule has 11 heteroatoms. The summed E-state index contributed by atoms with van der Waals surface area (Å²) in [4.78, 5) is 23.9. The quantitative estimate of drug-likeness (QED) is 0.725. The highest BCUT2D eigenvalue weighted by molar-refractivity contribution is 5.96. The molecule has 0 atom stereocenters. The van der Waals surface area contributed by atoms with E-state index in [0.717, 1.165) is 16.9 Å². The van der Waals surface area contributed by atoms with E-state index in [-0.39, 0.29) is 11.7 Å². The van der Waals surface area contributed by atoms with E-state index >= 15 is 0 Å². The Morgan fingerprint density at radius 1 is 1.18 bits per heavy atom. The number of hydrazine groups is 1. The number of hydrogen-bond acceptors (Lipinski definition) is 5. The standard InChI is InChI=1S/C17H19F3N4O4/c1-10(2)28-12-5-4-11(8-13(12)27-3)16(26)22-21-15(25)9-24-7-6-14(23-24)17(18,19)20/h4-8,10H,9H2,1-3H3,(H,21,25)(H,22,26). The van der Waals surface area contributed by atoms with Gasteiger partial charge >= 0.3 is 6.18 Å². The summed E-state index contributed by atoms with van der Waals surface area (Å²) in [6, 6.07) is 5.21. The average Bonchev–Trinajstić information content (AvgIpc) is 3.08. The number of alkyl halides is 3. The van der Waals surface area contributed by atoms with Crippen LogP contribution in [0.2, 0.25) is 0 Å². The number of amides is 2. The number of rotatable bonds is 6. The smallest absolute Gasteiger partial charge is 0.435 e. The number of hydrogen-bond donors (Lipinski definition) is 2. The van der Waals surface area contributed by atoms with Gasteiger partial charge in [-0.05, 0) is 38.1 Å². The van der Waals surface area contributed by atoms with Gasteiger partial charge in [-0.15, -0.1) is 0 Å². The van der Waals surface area contributed by atoms with Crippen molar-refractivity contribution in [2.75, 3.05) is 7.11 Å². The molecule has 8 nitrogen and oxygen atoms in total. The Hall–Kier alpha value is -3.24. The number of carbonyl (C=O) groups is 2. The lowest BCUT2D eigenvalue weighted by Gasteiger charge is -2.14. The van der Waals surface area contributed by atoms with Gasteiger partial charge in [0, 0.05) is 11.8 Å². The normalized spacial score (nSPS) is 11.2. The monoisotopic (exact) mass is 400 g/mol. The Kier molecular flexibility index (Phi) is 6.49. The third kappa shape index (κ3) is 5.63. The Balaban J connectivity index is 1.94. The van der Waals surface area contributed by atoms with Crippen LogP contribution in [0.15, 0.2) is 30.5 Å². The summed E-state index contributed by atoms with van der Waals surface area (Å²) in [5, 5.41) is 3.25. The van der Waals surface area contributed by atoms with Crippen molar-refractivity contribution in [2.45, 2.75) is 32.7 Å². The van der Waals surface area contributed by atoms with Crippen LogP contribution >= 0.6 is 0 Å². The Labute approximate surface area is 158 Å². The topological polar surface area (TPSA) is 94.5 Å². The van der Waals surface area contributed by atoms with Gasteiger partial charge in [0.15, 0.2) is 17.2 Å². The van der Waals surface area contributed by atoms with Gasteiger partial charge in [0.1, 0.15) is 6.54 Å². The minimum atomic E-state index is -4.60. The molecule has 0 fully saturated rings. The lowest BCUT2D eigenvalue weighted by atomic mass is 10.2. The van der Waals surface area contributed by atoms with Crippen LogP contribution < -0.4 is 20.3 Å². The van der Waals surface area contributed by atoms with Gasteiger partial charge in [0.2, 0.25) is 0 Å². The molecule has 0 unspecified atom stereocenters. The Morgan fingerprint density at radius 2 is 1.89 bits per heavy atom. The summed E-state index contributed by atoms with van der Waals surface area (Å²) in [5.41, 5.74) is 3.35. The first-order valence-electron chi connectivity index (χ1n) is 8.14. The Bertz CT molecular complexity index is 849. The molecule has 0 saturated carbocycles. The van der Waals surface area contributed by atoms with Gasteiger partial charge in [-0.1, -0.05) is 0 Å². The lowest BCUT2D eigenvalue weighted by Crippen LogP contribution is -2.43. The number of nitrogens with one attached hydrogen (secondary N) is 2. The first kappa shape index (κ1) is 21.1. The third-order valence-corrected chi connectivity index (χ3v) is 3.34. The molecule has 1 aromatic heterocycles. The zero-order valence-electron chi connectivity index (χ0n) is 15.3. The van der Waals surface area contributed by atoms with Crippen LogP contribution in [0.5, 0.6) is 11.5 Å². The van der Waals surface area contributed by atoms with Crippen molar-refractivity contribution in [1.29, 1.82) is 0 Å². The Morgan fingerprint density at radius 3 is 2.46 bits per heavy atom. The molecule has 0 spiro atoms. The first-order chi connectivity index (χ1) is 13.1. The van der Waals surface area contributed by atoms with E-state index in [2.05, 4.69) is 16.0 Å². The molecule has 0 saturated heterocycles. The second-order valence-corrected chi connectivity index (χ2v) is 5.93. The molecule has 28 heavy (non-hydrogen) atoms. The molecule has 2 rings (SSSR count). The van der Waals surface area contributed by atoms with Crippen molar-refractivity contribution < 1.29 is 32.2 Å². The summed E-state index contributed by atoms with van der Waals surface area (Å²) in [7, 11) is 1.42. The molecular formula is C17H19F3N4O4. The van der Waals surface area contributed by atoms with E-state index < -0.39 is 30.2 Å². The summed E-state index contributed by atoms with van der Waals surface area (Å²) in [6.45, 7) is 3.18. The molecule has 0 aliphatic heterocycles. The van der Waals surface area contributed by atoms with Gasteiger partial charge in [-0.2, -0.15) is 18.3 Å². The molecule has 2 amide bonds. The number of halogens is 3. The minimum Gasteiger partial charge on any atom is -0.493 e. The fourth-order valence-electron chi connectivity index (χ4n) is 2.15. The number of aromatic nitrogens is 2. The molecule has 0 aliphatic rings. The molecule has 2 N–H and O–H groups in total. The van der Waals surface area contributed by atoms with Crippen LogP contribution in [0, 0.1) is 0 Å². The molecule has 1 heterocycles. The second kappa shape index (κ2) is 8.63. The van der Waals surface area contributed by atoms with Gasteiger partial charge in [-0.25, -0.2) is 0 Å². The summed E-state index contributed by atoms with van der Waals surface area (Å²) in [5.74, 6) is -0.600. The highest BCUT2D eigenvalue weighted by atomic mass is 19.4. The van der Waals surface area contributed by atoms with E-state index in [0.29, 0.717) is 11.5 Å². The SMILES string of the molecule is COc1cc(C(=O)NNC(=O)Cn2ccc(C(F)(F)F)n2)ccc1OC(C)C. The highest BCUT2D eigenvalue weighted by Gasteiger charge is 2.33. The van der Waals surface area contributed by atoms with E-state index in [1.54, 1.807) is 6.07 Å². The molecule has 0 radical (unpaired) electrons. The van der Waals surface area contributed by atoms with Gasteiger partial charge in [0.25, 0.3) is 11.8 Å². The van der Waals surface area contributed by atoms with Crippen LogP contribution in [-0.4, -0.2) is 34.8 Å². The van der Waals surface area contributed by atoms with Crippen molar-refractivity contribution in [1.82, 2.24) is 20.6 Å². The molecule has 1 aromatic carbocycles. The molecule has 0 bridgehead atoms. The molecular weight excluding hydrogens is 381 g/mol. The number of carbonyl (C=O) groups excluding carboxylic acids is 2. The summed E-state index contributed by atoms with van der Waals surface area (Å²) in [6.07, 6.45) is -3.67. The number of benzene rings is 1. The first-order valence-corrected chi connectivity index (χ1v) is 8.14. The molecule has 2 aromatic rings. The van der Waals surface area contributed by atoms with Crippen molar-refractivity contribution in [3.8, 4) is 11.5 Å². The van der Waals surface area contributed by atoms with Crippen molar-refractivity contribution in [2.24, 2.45) is 0 Å². The second-order valence-electron chi connectivity index (χ2n) is 5.93. The molecule has 152 valence electrons. The van der Waals surface area contributed by atoms with E-state index in [4.69, 9.17) is 9.47 Å². The maximum absolute atomic E-state index is 12.5.